The van der Waals surface area contributed by atoms with Crippen molar-refractivity contribution >= 4 is 5.91 Å². The molecule has 0 fully saturated rings. The summed E-state index contributed by atoms with van der Waals surface area (Å²) < 4.78 is 5.16. The molecule has 2 aromatic rings. The highest BCUT2D eigenvalue weighted by Crippen LogP contribution is 2.23. The number of nitrogens with one attached hydrogen (secondary N) is 1. The van der Waals surface area contributed by atoms with Gasteiger partial charge in [0.05, 0.1) is 23.8 Å². The second kappa shape index (κ2) is 6.91. The van der Waals surface area contributed by atoms with E-state index in [2.05, 4.69) is 36.2 Å². The fraction of sp³-hybridized carbons (Fsp3) is 0.471. The van der Waals surface area contributed by atoms with Gasteiger partial charge in [0.25, 0.3) is 11.8 Å². The van der Waals surface area contributed by atoms with Crippen LogP contribution in [0.25, 0.3) is 11.5 Å². The molecule has 1 heterocycles. The molecule has 0 saturated carbocycles. The minimum Gasteiger partial charge on any atom is -0.394 e. The zero-order chi connectivity index (χ0) is 17.0. The first-order valence-corrected chi connectivity index (χ1v) is 7.61. The third-order valence-electron chi connectivity index (χ3n) is 3.34. The highest BCUT2D eigenvalue weighted by atomic mass is 16.5. The van der Waals surface area contributed by atoms with Gasteiger partial charge in [-0.15, -0.1) is 0 Å². The summed E-state index contributed by atoms with van der Waals surface area (Å²) in [6, 6.07) is 6.75. The van der Waals surface area contributed by atoms with E-state index in [0.717, 1.165) is 0 Å². The quantitative estimate of drug-likeness (QED) is 0.885. The summed E-state index contributed by atoms with van der Waals surface area (Å²) in [5.41, 5.74) is 1.03. The summed E-state index contributed by atoms with van der Waals surface area (Å²) >= 11 is 0. The zero-order valence-corrected chi connectivity index (χ0v) is 14.0. The van der Waals surface area contributed by atoms with Crippen LogP contribution in [-0.4, -0.2) is 33.8 Å². The van der Waals surface area contributed by atoms with Crippen LogP contribution in [0.1, 0.15) is 43.4 Å². The van der Waals surface area contributed by atoms with E-state index >= 15 is 0 Å². The molecule has 0 aliphatic carbocycles. The second-order valence-corrected chi connectivity index (χ2v) is 6.81. The Labute approximate surface area is 135 Å². The minimum atomic E-state index is -0.306. The van der Waals surface area contributed by atoms with E-state index in [1.807, 2.05) is 6.07 Å². The van der Waals surface area contributed by atoms with Crippen LogP contribution in [0.2, 0.25) is 0 Å². The maximum atomic E-state index is 12.6. The number of rotatable bonds is 5. The zero-order valence-electron chi connectivity index (χ0n) is 14.0. The van der Waals surface area contributed by atoms with E-state index < -0.39 is 0 Å². The lowest BCUT2D eigenvalue weighted by Crippen LogP contribution is -2.40. The number of benzene rings is 1. The molecular formula is C17H23N3O3. The van der Waals surface area contributed by atoms with Crippen molar-refractivity contribution in [3.05, 3.63) is 35.7 Å². The van der Waals surface area contributed by atoms with Crippen molar-refractivity contribution in [2.24, 2.45) is 5.41 Å². The van der Waals surface area contributed by atoms with Gasteiger partial charge in [-0.25, -0.2) is 0 Å². The van der Waals surface area contributed by atoms with E-state index in [4.69, 9.17) is 4.52 Å². The van der Waals surface area contributed by atoms with Crippen LogP contribution in [0, 0.1) is 12.3 Å². The number of aryl methyl sites for hydroxylation is 1. The van der Waals surface area contributed by atoms with Crippen molar-refractivity contribution in [2.75, 3.05) is 6.61 Å². The Morgan fingerprint density at radius 1 is 1.35 bits per heavy atom. The Morgan fingerprint density at radius 3 is 2.61 bits per heavy atom. The van der Waals surface area contributed by atoms with Crippen LogP contribution in [0.3, 0.4) is 0 Å². The fourth-order valence-corrected chi connectivity index (χ4v) is 2.44. The molecule has 1 aromatic carbocycles. The molecule has 1 amide bonds. The van der Waals surface area contributed by atoms with E-state index in [9.17, 15) is 9.90 Å². The summed E-state index contributed by atoms with van der Waals surface area (Å²) in [6.45, 7) is 7.82. The fourth-order valence-electron chi connectivity index (χ4n) is 2.44. The Hall–Kier alpha value is -2.21. The van der Waals surface area contributed by atoms with Crippen molar-refractivity contribution in [2.45, 2.75) is 40.2 Å². The van der Waals surface area contributed by atoms with Crippen molar-refractivity contribution in [3.63, 3.8) is 0 Å². The second-order valence-electron chi connectivity index (χ2n) is 6.81. The number of nitrogens with zero attached hydrogens (tertiary/aromatic N) is 2. The summed E-state index contributed by atoms with van der Waals surface area (Å²) in [5, 5.41) is 16.2. The van der Waals surface area contributed by atoms with Gasteiger partial charge in [0, 0.05) is 0 Å². The first kappa shape index (κ1) is 17.1. The smallest absolute Gasteiger partial charge is 0.258 e. The lowest BCUT2D eigenvalue weighted by Gasteiger charge is -2.25. The molecule has 0 aliphatic rings. The number of carbonyl (C=O) groups excluding carboxylic acids is 1. The number of aromatic nitrogens is 2. The molecule has 1 atom stereocenters. The highest BCUT2D eigenvalue weighted by molar-refractivity contribution is 6.00. The minimum absolute atomic E-state index is 0.00376. The highest BCUT2D eigenvalue weighted by Gasteiger charge is 2.22. The predicted molar refractivity (Wildman–Crippen MR) is 86.9 cm³/mol. The molecule has 1 unspecified atom stereocenters. The molecule has 0 spiro atoms. The lowest BCUT2D eigenvalue weighted by atomic mass is 9.88. The van der Waals surface area contributed by atoms with Crippen LogP contribution < -0.4 is 5.32 Å². The third-order valence-corrected chi connectivity index (χ3v) is 3.34. The molecule has 0 bridgehead atoms. The number of carbonyl (C=O) groups is 1. The molecule has 0 aliphatic heterocycles. The third kappa shape index (κ3) is 4.63. The summed E-state index contributed by atoms with van der Waals surface area (Å²) in [4.78, 5) is 16.8. The van der Waals surface area contributed by atoms with Gasteiger partial charge in [0.15, 0.2) is 5.82 Å². The summed E-state index contributed by atoms with van der Waals surface area (Å²) in [7, 11) is 0. The van der Waals surface area contributed by atoms with Crippen molar-refractivity contribution in [3.8, 4) is 11.5 Å². The lowest BCUT2D eigenvalue weighted by molar-refractivity contribution is 0.0898. The van der Waals surface area contributed by atoms with Crippen LogP contribution in [0.5, 0.6) is 0 Å². The van der Waals surface area contributed by atoms with Gasteiger partial charge in [-0.2, -0.15) is 4.98 Å². The van der Waals surface area contributed by atoms with Gasteiger partial charge in [0.1, 0.15) is 0 Å². The molecule has 0 saturated heterocycles. The molecule has 23 heavy (non-hydrogen) atoms. The average molecular weight is 317 g/mol. The van der Waals surface area contributed by atoms with E-state index in [-0.39, 0.29) is 24.0 Å². The largest absolute Gasteiger partial charge is 0.394 e. The van der Waals surface area contributed by atoms with Gasteiger partial charge in [0.2, 0.25) is 0 Å². The molecule has 2 rings (SSSR count). The number of hydrogen-bond acceptors (Lipinski definition) is 5. The van der Waals surface area contributed by atoms with Crippen LogP contribution in [0.15, 0.2) is 28.8 Å². The molecule has 0 radical (unpaired) electrons. The van der Waals surface area contributed by atoms with Gasteiger partial charge >= 0.3 is 0 Å². The first-order valence-electron chi connectivity index (χ1n) is 7.61. The van der Waals surface area contributed by atoms with E-state index in [1.165, 1.54) is 0 Å². The number of aliphatic hydroxyl groups is 1. The van der Waals surface area contributed by atoms with Crippen molar-refractivity contribution < 1.29 is 14.4 Å². The Morgan fingerprint density at radius 2 is 2.04 bits per heavy atom. The van der Waals surface area contributed by atoms with Gasteiger partial charge in [-0.3, -0.25) is 4.79 Å². The summed E-state index contributed by atoms with van der Waals surface area (Å²) in [6.07, 6.45) is 0.678. The SMILES string of the molecule is Cc1noc(-c2ccccc2C(=O)NC(CO)CC(C)(C)C)n1. The number of amides is 1. The Bertz CT molecular complexity index is 674. The van der Waals surface area contributed by atoms with Crippen LogP contribution >= 0.6 is 0 Å². The maximum absolute atomic E-state index is 12.6. The molecule has 6 heteroatoms. The van der Waals surface area contributed by atoms with Crippen LogP contribution in [-0.2, 0) is 0 Å². The molecule has 2 N–H and O–H groups in total. The molecule has 1 aromatic heterocycles. The van der Waals surface area contributed by atoms with Crippen molar-refractivity contribution in [1.82, 2.24) is 15.5 Å². The Balaban J connectivity index is 2.23. The van der Waals surface area contributed by atoms with Gasteiger partial charge < -0.3 is 14.9 Å². The molecule has 6 nitrogen and oxygen atoms in total. The monoisotopic (exact) mass is 317 g/mol. The number of hydrogen-bond donors (Lipinski definition) is 2. The maximum Gasteiger partial charge on any atom is 0.258 e. The van der Waals surface area contributed by atoms with E-state index in [0.29, 0.717) is 29.3 Å². The van der Waals surface area contributed by atoms with Crippen molar-refractivity contribution in [1.29, 1.82) is 0 Å². The average Bonchev–Trinajstić information content (AvgIpc) is 2.91. The standard InChI is InChI=1S/C17H23N3O3/c1-11-18-16(23-20-11)14-8-6-5-7-13(14)15(22)19-12(10-21)9-17(2,3)4/h5-8,12,21H,9-10H2,1-4H3,(H,19,22). The number of aliphatic hydroxyl groups excluding tert-OH is 1. The topological polar surface area (TPSA) is 88.2 Å². The van der Waals surface area contributed by atoms with Gasteiger partial charge in [-0.05, 0) is 30.9 Å². The normalized spacial score (nSPS) is 12.9. The Kier molecular flexibility index (Phi) is 5.15. The van der Waals surface area contributed by atoms with Crippen LogP contribution in [0.4, 0.5) is 0 Å². The summed E-state index contributed by atoms with van der Waals surface area (Å²) in [5.74, 6) is 0.556. The molecular weight excluding hydrogens is 294 g/mol. The molecule has 124 valence electrons. The predicted octanol–water partition coefficient (Wildman–Crippen LogP) is 2.57. The van der Waals surface area contributed by atoms with Gasteiger partial charge in [-0.1, -0.05) is 38.1 Å². The van der Waals surface area contributed by atoms with E-state index in [1.54, 1.807) is 25.1 Å². The first-order chi connectivity index (χ1) is 10.8.